The molecule has 0 saturated heterocycles. The van der Waals surface area contributed by atoms with Crippen LogP contribution >= 0.6 is 23.2 Å². The SMILES string of the molecule is CCN(CC)c1ccc(CNc2ccc(Cl)cc2Cl)cc1. The molecule has 112 valence electrons. The van der Waals surface area contributed by atoms with E-state index in [1.165, 1.54) is 11.3 Å². The smallest absolute Gasteiger partial charge is 0.0652 e. The molecule has 0 aliphatic carbocycles. The highest BCUT2D eigenvalue weighted by Crippen LogP contribution is 2.26. The molecule has 0 aromatic heterocycles. The summed E-state index contributed by atoms with van der Waals surface area (Å²) in [6.07, 6.45) is 0. The Morgan fingerprint density at radius 3 is 2.19 bits per heavy atom. The molecule has 0 radical (unpaired) electrons. The van der Waals surface area contributed by atoms with E-state index in [-0.39, 0.29) is 0 Å². The van der Waals surface area contributed by atoms with Crippen LogP contribution in [-0.2, 0) is 6.54 Å². The van der Waals surface area contributed by atoms with Crippen LogP contribution in [0.5, 0.6) is 0 Å². The van der Waals surface area contributed by atoms with E-state index in [0.717, 1.165) is 25.3 Å². The fourth-order valence-corrected chi connectivity index (χ4v) is 2.72. The number of halogens is 2. The number of benzene rings is 2. The summed E-state index contributed by atoms with van der Waals surface area (Å²) in [5.41, 5.74) is 3.37. The van der Waals surface area contributed by atoms with Crippen LogP contribution < -0.4 is 10.2 Å². The third kappa shape index (κ3) is 4.29. The molecule has 21 heavy (non-hydrogen) atoms. The van der Waals surface area contributed by atoms with Crippen molar-refractivity contribution in [2.45, 2.75) is 20.4 Å². The lowest BCUT2D eigenvalue weighted by molar-refractivity contribution is 0.865. The van der Waals surface area contributed by atoms with E-state index in [4.69, 9.17) is 23.2 Å². The highest BCUT2D eigenvalue weighted by molar-refractivity contribution is 6.36. The van der Waals surface area contributed by atoms with Crippen molar-refractivity contribution < 1.29 is 0 Å². The maximum Gasteiger partial charge on any atom is 0.0652 e. The van der Waals surface area contributed by atoms with Gasteiger partial charge >= 0.3 is 0 Å². The van der Waals surface area contributed by atoms with Crippen molar-refractivity contribution in [3.8, 4) is 0 Å². The summed E-state index contributed by atoms with van der Waals surface area (Å²) in [6.45, 7) is 7.12. The second kappa shape index (κ2) is 7.58. The van der Waals surface area contributed by atoms with Crippen LogP contribution in [0.3, 0.4) is 0 Å². The summed E-state index contributed by atoms with van der Waals surface area (Å²) in [5.74, 6) is 0. The predicted octanol–water partition coefficient (Wildman–Crippen LogP) is 5.45. The van der Waals surface area contributed by atoms with Crippen molar-refractivity contribution >= 4 is 34.6 Å². The molecule has 0 saturated carbocycles. The molecule has 0 unspecified atom stereocenters. The van der Waals surface area contributed by atoms with Crippen LogP contribution in [0.15, 0.2) is 42.5 Å². The quantitative estimate of drug-likeness (QED) is 0.760. The van der Waals surface area contributed by atoms with Crippen LogP contribution in [0, 0.1) is 0 Å². The van der Waals surface area contributed by atoms with Crippen molar-refractivity contribution in [3.63, 3.8) is 0 Å². The van der Waals surface area contributed by atoms with Gasteiger partial charge in [-0.2, -0.15) is 0 Å². The topological polar surface area (TPSA) is 15.3 Å². The lowest BCUT2D eigenvalue weighted by Crippen LogP contribution is -2.21. The summed E-state index contributed by atoms with van der Waals surface area (Å²) in [4.78, 5) is 2.33. The van der Waals surface area contributed by atoms with Gasteiger partial charge in [-0.3, -0.25) is 0 Å². The van der Waals surface area contributed by atoms with E-state index in [9.17, 15) is 0 Å². The fraction of sp³-hybridized carbons (Fsp3) is 0.294. The summed E-state index contributed by atoms with van der Waals surface area (Å²) < 4.78 is 0. The Labute approximate surface area is 136 Å². The highest BCUT2D eigenvalue weighted by Gasteiger charge is 2.03. The average Bonchev–Trinajstić information content (AvgIpc) is 2.49. The molecular weight excluding hydrogens is 303 g/mol. The molecule has 2 rings (SSSR count). The molecule has 0 aliphatic heterocycles. The van der Waals surface area contributed by atoms with Crippen LogP contribution in [-0.4, -0.2) is 13.1 Å². The second-order valence-corrected chi connectivity index (χ2v) is 5.66. The first kappa shape index (κ1) is 16.0. The van der Waals surface area contributed by atoms with Crippen molar-refractivity contribution in [1.82, 2.24) is 0 Å². The van der Waals surface area contributed by atoms with Crippen LogP contribution in [0.25, 0.3) is 0 Å². The Hall–Kier alpha value is -1.38. The molecule has 2 aromatic carbocycles. The molecule has 4 heteroatoms. The molecule has 0 atom stereocenters. The molecule has 1 N–H and O–H groups in total. The Morgan fingerprint density at radius 2 is 1.62 bits per heavy atom. The van der Waals surface area contributed by atoms with Gasteiger partial charge in [-0.1, -0.05) is 35.3 Å². The van der Waals surface area contributed by atoms with Gasteiger partial charge in [-0.25, -0.2) is 0 Å². The largest absolute Gasteiger partial charge is 0.380 e. The minimum atomic E-state index is 0.641. The van der Waals surface area contributed by atoms with Gasteiger partial charge in [-0.05, 0) is 49.7 Å². The zero-order valence-electron chi connectivity index (χ0n) is 12.4. The molecule has 0 amide bonds. The van der Waals surface area contributed by atoms with Gasteiger partial charge in [0, 0.05) is 30.3 Å². The molecule has 2 nitrogen and oxygen atoms in total. The number of anilines is 2. The van der Waals surface area contributed by atoms with Gasteiger partial charge in [0.05, 0.1) is 10.7 Å². The predicted molar refractivity (Wildman–Crippen MR) is 93.8 cm³/mol. The molecule has 0 heterocycles. The molecule has 0 fully saturated rings. The molecule has 0 aliphatic rings. The minimum absolute atomic E-state index is 0.641. The lowest BCUT2D eigenvalue weighted by atomic mass is 10.2. The Kier molecular flexibility index (Phi) is 5.77. The van der Waals surface area contributed by atoms with Crippen molar-refractivity contribution in [1.29, 1.82) is 0 Å². The Morgan fingerprint density at radius 1 is 0.952 bits per heavy atom. The van der Waals surface area contributed by atoms with Crippen LogP contribution in [0.2, 0.25) is 10.0 Å². The van der Waals surface area contributed by atoms with Crippen molar-refractivity contribution in [2.75, 3.05) is 23.3 Å². The third-order valence-electron chi connectivity index (χ3n) is 3.48. The average molecular weight is 323 g/mol. The van der Waals surface area contributed by atoms with E-state index >= 15 is 0 Å². The van der Waals surface area contributed by atoms with E-state index in [1.54, 1.807) is 6.07 Å². The number of hydrogen-bond donors (Lipinski definition) is 1. The number of rotatable bonds is 6. The normalized spacial score (nSPS) is 10.5. The van der Waals surface area contributed by atoms with Crippen LogP contribution in [0.1, 0.15) is 19.4 Å². The number of nitrogens with one attached hydrogen (secondary N) is 1. The molecule has 2 aromatic rings. The summed E-state index contributed by atoms with van der Waals surface area (Å²) in [5, 5.41) is 4.62. The number of hydrogen-bond acceptors (Lipinski definition) is 2. The highest BCUT2D eigenvalue weighted by atomic mass is 35.5. The zero-order chi connectivity index (χ0) is 15.2. The first-order valence-corrected chi connectivity index (χ1v) is 7.92. The van der Waals surface area contributed by atoms with Gasteiger partial charge in [0.1, 0.15) is 0 Å². The van der Waals surface area contributed by atoms with Crippen molar-refractivity contribution in [2.24, 2.45) is 0 Å². The maximum atomic E-state index is 6.15. The molecular formula is C17H20Cl2N2. The van der Waals surface area contributed by atoms with E-state index in [1.807, 2.05) is 12.1 Å². The summed E-state index contributed by atoms with van der Waals surface area (Å²) >= 11 is 12.0. The molecule has 0 spiro atoms. The minimum Gasteiger partial charge on any atom is -0.380 e. The Bertz CT molecular complexity index is 578. The van der Waals surface area contributed by atoms with Gasteiger partial charge in [-0.15, -0.1) is 0 Å². The Balaban J connectivity index is 2.00. The lowest BCUT2D eigenvalue weighted by Gasteiger charge is -2.21. The summed E-state index contributed by atoms with van der Waals surface area (Å²) in [6, 6.07) is 14.1. The van der Waals surface area contributed by atoms with Gasteiger partial charge < -0.3 is 10.2 Å². The first-order valence-electron chi connectivity index (χ1n) is 7.16. The fourth-order valence-electron chi connectivity index (χ4n) is 2.24. The van der Waals surface area contributed by atoms with E-state index < -0.39 is 0 Å². The monoisotopic (exact) mass is 322 g/mol. The molecule has 0 bridgehead atoms. The van der Waals surface area contributed by atoms with Crippen LogP contribution in [0.4, 0.5) is 11.4 Å². The van der Waals surface area contributed by atoms with E-state index in [2.05, 4.69) is 48.3 Å². The first-order chi connectivity index (χ1) is 10.1. The maximum absolute atomic E-state index is 6.15. The van der Waals surface area contributed by atoms with E-state index in [0.29, 0.717) is 10.0 Å². The van der Waals surface area contributed by atoms with Gasteiger partial charge in [0.15, 0.2) is 0 Å². The number of nitrogens with zero attached hydrogens (tertiary/aromatic N) is 1. The second-order valence-electron chi connectivity index (χ2n) is 4.82. The van der Waals surface area contributed by atoms with Crippen molar-refractivity contribution in [3.05, 3.63) is 58.1 Å². The van der Waals surface area contributed by atoms with Gasteiger partial charge in [0.2, 0.25) is 0 Å². The standard InChI is InChI=1S/C17H20Cl2N2/c1-3-21(4-2)15-8-5-13(6-9-15)12-20-17-10-7-14(18)11-16(17)19/h5-11,20H,3-4,12H2,1-2H3. The summed E-state index contributed by atoms with van der Waals surface area (Å²) in [7, 11) is 0. The van der Waals surface area contributed by atoms with Gasteiger partial charge in [0.25, 0.3) is 0 Å². The third-order valence-corrected chi connectivity index (χ3v) is 4.03. The zero-order valence-corrected chi connectivity index (χ0v) is 13.9.